The fourth-order valence-corrected chi connectivity index (χ4v) is 2.92. The number of rotatable bonds is 5. The van der Waals surface area contributed by atoms with E-state index in [-0.39, 0.29) is 11.9 Å². The monoisotopic (exact) mass is 290 g/mol. The quantitative estimate of drug-likeness (QED) is 0.882. The van der Waals surface area contributed by atoms with Crippen LogP contribution in [0.15, 0.2) is 18.2 Å². The highest BCUT2D eigenvalue weighted by molar-refractivity contribution is 7.99. The molecule has 0 bridgehead atoms. The van der Waals surface area contributed by atoms with Crippen molar-refractivity contribution in [2.75, 3.05) is 11.5 Å². The molecule has 1 aromatic heterocycles. The second kappa shape index (κ2) is 6.35. The van der Waals surface area contributed by atoms with Gasteiger partial charge in [0.1, 0.15) is 0 Å². The minimum Gasteiger partial charge on any atom is -0.358 e. The van der Waals surface area contributed by atoms with E-state index < -0.39 is 0 Å². The molecule has 1 atom stereocenters. The molecule has 1 unspecified atom stereocenters. The first kappa shape index (κ1) is 15.0. The average molecular weight is 290 g/mol. The van der Waals surface area contributed by atoms with Crippen LogP contribution in [0.5, 0.6) is 0 Å². The highest BCUT2D eigenvalue weighted by Crippen LogP contribution is 2.22. The highest BCUT2D eigenvalue weighted by atomic mass is 32.2. The average Bonchev–Trinajstić information content (AvgIpc) is 2.71. The molecule has 108 valence electrons. The Morgan fingerprint density at radius 3 is 2.85 bits per heavy atom. The standard InChI is InChI=1S/C16H22N2OS/c1-5-20-9-10(2)17-16(19)13-6-7-15-14(8-13)11(3)12(4)18-15/h6-8,10,18H,5,9H2,1-4H3,(H,17,19). The summed E-state index contributed by atoms with van der Waals surface area (Å²) in [5.41, 5.74) is 4.19. The van der Waals surface area contributed by atoms with Crippen LogP contribution in [0.2, 0.25) is 0 Å². The minimum atomic E-state index is 0.00866. The van der Waals surface area contributed by atoms with E-state index in [2.05, 4.69) is 31.1 Å². The van der Waals surface area contributed by atoms with Crippen LogP contribution in [0.1, 0.15) is 35.5 Å². The van der Waals surface area contributed by atoms with Crippen LogP contribution < -0.4 is 5.32 Å². The number of carbonyl (C=O) groups excluding carboxylic acids is 1. The predicted octanol–water partition coefficient (Wildman–Crippen LogP) is 3.66. The van der Waals surface area contributed by atoms with Gasteiger partial charge in [0, 0.05) is 34.0 Å². The van der Waals surface area contributed by atoms with Gasteiger partial charge in [0.15, 0.2) is 0 Å². The third-order valence-corrected chi connectivity index (χ3v) is 4.66. The molecule has 1 amide bonds. The third kappa shape index (κ3) is 3.18. The lowest BCUT2D eigenvalue weighted by Crippen LogP contribution is -2.34. The van der Waals surface area contributed by atoms with Crippen molar-refractivity contribution in [2.45, 2.75) is 33.7 Å². The first-order valence-electron chi connectivity index (χ1n) is 7.00. The summed E-state index contributed by atoms with van der Waals surface area (Å²) in [4.78, 5) is 15.6. The van der Waals surface area contributed by atoms with Gasteiger partial charge in [-0.15, -0.1) is 0 Å². The fraction of sp³-hybridized carbons (Fsp3) is 0.438. The molecule has 0 aliphatic rings. The number of aromatic nitrogens is 1. The van der Waals surface area contributed by atoms with Crippen molar-refractivity contribution in [3.05, 3.63) is 35.0 Å². The van der Waals surface area contributed by atoms with Crippen molar-refractivity contribution in [3.8, 4) is 0 Å². The smallest absolute Gasteiger partial charge is 0.251 e. The van der Waals surface area contributed by atoms with Crippen molar-refractivity contribution >= 4 is 28.6 Å². The highest BCUT2D eigenvalue weighted by Gasteiger charge is 2.12. The SMILES string of the molecule is CCSCC(C)NC(=O)c1ccc2[nH]c(C)c(C)c2c1. The number of carbonyl (C=O) groups is 1. The van der Waals surface area contributed by atoms with Gasteiger partial charge in [-0.3, -0.25) is 4.79 Å². The van der Waals surface area contributed by atoms with Gasteiger partial charge in [-0.25, -0.2) is 0 Å². The molecule has 0 fully saturated rings. The third-order valence-electron chi connectivity index (χ3n) is 3.52. The molecule has 0 aliphatic heterocycles. The molecule has 1 aromatic carbocycles. The van der Waals surface area contributed by atoms with Crippen molar-refractivity contribution in [2.24, 2.45) is 0 Å². The predicted molar refractivity (Wildman–Crippen MR) is 87.7 cm³/mol. The number of nitrogens with one attached hydrogen (secondary N) is 2. The van der Waals surface area contributed by atoms with Crippen LogP contribution in [0.25, 0.3) is 10.9 Å². The number of aromatic amines is 1. The van der Waals surface area contributed by atoms with E-state index >= 15 is 0 Å². The largest absolute Gasteiger partial charge is 0.358 e. The summed E-state index contributed by atoms with van der Waals surface area (Å²) in [5.74, 6) is 2.04. The van der Waals surface area contributed by atoms with Gasteiger partial charge < -0.3 is 10.3 Å². The molecule has 4 heteroatoms. The Kier molecular flexibility index (Phi) is 4.76. The van der Waals surface area contributed by atoms with Crippen LogP contribution >= 0.6 is 11.8 Å². The number of thioether (sulfide) groups is 1. The summed E-state index contributed by atoms with van der Waals surface area (Å²) in [6, 6.07) is 6.03. The maximum atomic E-state index is 12.2. The van der Waals surface area contributed by atoms with Gasteiger partial charge in [0.2, 0.25) is 0 Å². The molecule has 0 saturated carbocycles. The van der Waals surface area contributed by atoms with E-state index in [1.807, 2.05) is 36.9 Å². The van der Waals surface area contributed by atoms with E-state index in [1.165, 1.54) is 5.56 Å². The Bertz CT molecular complexity index is 618. The zero-order valence-electron chi connectivity index (χ0n) is 12.5. The molecule has 2 rings (SSSR count). The molecule has 3 nitrogen and oxygen atoms in total. The first-order valence-corrected chi connectivity index (χ1v) is 8.16. The second-order valence-corrected chi connectivity index (χ2v) is 6.49. The van der Waals surface area contributed by atoms with Gasteiger partial charge in [-0.1, -0.05) is 6.92 Å². The fourth-order valence-electron chi connectivity index (χ4n) is 2.25. The van der Waals surface area contributed by atoms with Crippen molar-refractivity contribution in [1.29, 1.82) is 0 Å². The zero-order chi connectivity index (χ0) is 14.7. The number of H-pyrrole nitrogens is 1. The molecule has 2 aromatic rings. The molecule has 2 N–H and O–H groups in total. The number of amides is 1. The van der Waals surface area contributed by atoms with Gasteiger partial charge >= 0.3 is 0 Å². The van der Waals surface area contributed by atoms with Crippen LogP contribution in [0.4, 0.5) is 0 Å². The van der Waals surface area contributed by atoms with E-state index in [4.69, 9.17) is 0 Å². The van der Waals surface area contributed by atoms with Crippen LogP contribution in [0, 0.1) is 13.8 Å². The summed E-state index contributed by atoms with van der Waals surface area (Å²) in [5, 5.41) is 4.18. The number of fused-ring (bicyclic) bond motifs is 1. The molecule has 0 radical (unpaired) electrons. The number of benzene rings is 1. The Labute approximate surface area is 124 Å². The Morgan fingerprint density at radius 1 is 1.40 bits per heavy atom. The molecule has 0 spiro atoms. The summed E-state index contributed by atoms with van der Waals surface area (Å²) in [7, 11) is 0. The maximum absolute atomic E-state index is 12.2. The molecule has 0 saturated heterocycles. The summed E-state index contributed by atoms with van der Waals surface area (Å²) < 4.78 is 0. The Balaban J connectivity index is 2.16. The molecule has 20 heavy (non-hydrogen) atoms. The summed E-state index contributed by atoms with van der Waals surface area (Å²) in [6.45, 7) is 8.31. The van der Waals surface area contributed by atoms with E-state index in [0.717, 1.165) is 33.7 Å². The molecular weight excluding hydrogens is 268 g/mol. The lowest BCUT2D eigenvalue weighted by Gasteiger charge is -2.13. The number of hydrogen-bond donors (Lipinski definition) is 2. The normalized spacial score (nSPS) is 12.6. The molecule has 1 heterocycles. The Hall–Kier alpha value is -1.42. The summed E-state index contributed by atoms with van der Waals surface area (Å²) >= 11 is 1.84. The van der Waals surface area contributed by atoms with Crippen LogP contribution in [-0.4, -0.2) is 28.4 Å². The first-order chi connectivity index (χ1) is 9.52. The van der Waals surface area contributed by atoms with Gasteiger partial charge in [-0.05, 0) is 50.3 Å². The maximum Gasteiger partial charge on any atom is 0.251 e. The topological polar surface area (TPSA) is 44.9 Å². The Morgan fingerprint density at radius 2 is 2.15 bits per heavy atom. The molecule has 0 aliphatic carbocycles. The van der Waals surface area contributed by atoms with Gasteiger partial charge in [-0.2, -0.15) is 11.8 Å². The van der Waals surface area contributed by atoms with E-state index in [1.54, 1.807) is 0 Å². The lowest BCUT2D eigenvalue weighted by molar-refractivity contribution is 0.0944. The van der Waals surface area contributed by atoms with Crippen molar-refractivity contribution in [3.63, 3.8) is 0 Å². The van der Waals surface area contributed by atoms with Gasteiger partial charge in [0.25, 0.3) is 5.91 Å². The molecular formula is C16H22N2OS. The lowest BCUT2D eigenvalue weighted by atomic mass is 10.1. The zero-order valence-corrected chi connectivity index (χ0v) is 13.4. The van der Waals surface area contributed by atoms with E-state index in [9.17, 15) is 4.79 Å². The second-order valence-electron chi connectivity index (χ2n) is 5.17. The van der Waals surface area contributed by atoms with Crippen molar-refractivity contribution in [1.82, 2.24) is 10.3 Å². The number of hydrogen-bond acceptors (Lipinski definition) is 2. The van der Waals surface area contributed by atoms with Gasteiger partial charge in [0.05, 0.1) is 0 Å². The van der Waals surface area contributed by atoms with Crippen molar-refractivity contribution < 1.29 is 4.79 Å². The number of aryl methyl sites for hydroxylation is 2. The van der Waals surface area contributed by atoms with Crippen LogP contribution in [-0.2, 0) is 0 Å². The summed E-state index contributed by atoms with van der Waals surface area (Å²) in [6.07, 6.45) is 0. The minimum absolute atomic E-state index is 0.00866. The van der Waals surface area contributed by atoms with Crippen LogP contribution in [0.3, 0.4) is 0 Å². The van der Waals surface area contributed by atoms with E-state index in [0.29, 0.717) is 0 Å².